The van der Waals surface area contributed by atoms with E-state index in [1.807, 2.05) is 11.5 Å². The van der Waals surface area contributed by atoms with Gasteiger partial charge >= 0.3 is 0 Å². The van der Waals surface area contributed by atoms with Crippen molar-refractivity contribution < 1.29 is 4.79 Å². The fraction of sp³-hybridized carbons (Fsp3) is 0.467. The molecule has 1 aliphatic carbocycles. The molecule has 2 aromatic heterocycles. The molecule has 0 atom stereocenters. The summed E-state index contributed by atoms with van der Waals surface area (Å²) in [6.07, 6.45) is 5.10. The topological polar surface area (TPSA) is 92.7 Å². The fourth-order valence-corrected chi connectivity index (χ4v) is 2.80. The summed E-state index contributed by atoms with van der Waals surface area (Å²) in [7, 11) is 0. The maximum absolute atomic E-state index is 12.2. The maximum atomic E-state index is 12.2. The van der Waals surface area contributed by atoms with Crippen molar-refractivity contribution in [3.63, 3.8) is 0 Å². The smallest absolute Gasteiger partial charge is 0.261 e. The second-order valence-electron chi connectivity index (χ2n) is 5.41. The molecule has 7 nitrogen and oxygen atoms in total. The number of H-pyrrole nitrogens is 1. The minimum absolute atomic E-state index is 0.192. The van der Waals surface area contributed by atoms with E-state index in [0.717, 1.165) is 42.9 Å². The van der Waals surface area contributed by atoms with E-state index in [1.165, 1.54) is 0 Å². The van der Waals surface area contributed by atoms with Crippen LogP contribution in [0.4, 0.5) is 0 Å². The van der Waals surface area contributed by atoms with Gasteiger partial charge in [-0.1, -0.05) is 0 Å². The second kappa shape index (κ2) is 6.13. The van der Waals surface area contributed by atoms with E-state index in [0.29, 0.717) is 13.0 Å². The van der Waals surface area contributed by atoms with Crippen LogP contribution in [0.5, 0.6) is 0 Å². The molecule has 0 spiro atoms. The van der Waals surface area contributed by atoms with E-state index in [-0.39, 0.29) is 17.0 Å². The van der Waals surface area contributed by atoms with Gasteiger partial charge in [-0.25, -0.2) is 0 Å². The Morgan fingerprint density at radius 1 is 1.45 bits per heavy atom. The molecule has 2 heterocycles. The molecule has 0 saturated carbocycles. The fourth-order valence-electron chi connectivity index (χ4n) is 2.80. The summed E-state index contributed by atoms with van der Waals surface area (Å²) in [5, 5.41) is 10.6. The van der Waals surface area contributed by atoms with Crippen molar-refractivity contribution in [2.75, 3.05) is 6.54 Å². The third-order valence-electron chi connectivity index (χ3n) is 4.00. The van der Waals surface area contributed by atoms with Crippen LogP contribution in [-0.2, 0) is 25.8 Å². The van der Waals surface area contributed by atoms with Crippen LogP contribution >= 0.6 is 0 Å². The number of amides is 1. The first kappa shape index (κ1) is 14.5. The number of aromatic nitrogens is 4. The van der Waals surface area contributed by atoms with Crippen molar-refractivity contribution in [3.8, 4) is 0 Å². The largest absolute Gasteiger partial charge is 0.351 e. The van der Waals surface area contributed by atoms with Gasteiger partial charge in [-0.05, 0) is 37.8 Å². The third-order valence-corrected chi connectivity index (χ3v) is 4.00. The van der Waals surface area contributed by atoms with E-state index >= 15 is 0 Å². The zero-order chi connectivity index (χ0) is 15.5. The van der Waals surface area contributed by atoms with Gasteiger partial charge in [-0.15, -0.1) is 10.2 Å². The molecule has 0 unspecified atom stereocenters. The third kappa shape index (κ3) is 2.79. The van der Waals surface area contributed by atoms with Crippen molar-refractivity contribution >= 4 is 5.91 Å². The average molecular weight is 301 g/mol. The Morgan fingerprint density at radius 2 is 2.32 bits per heavy atom. The molecular weight excluding hydrogens is 282 g/mol. The summed E-state index contributed by atoms with van der Waals surface area (Å²) < 4.78 is 1.92. The zero-order valence-corrected chi connectivity index (χ0v) is 12.6. The van der Waals surface area contributed by atoms with Gasteiger partial charge in [0.1, 0.15) is 17.7 Å². The van der Waals surface area contributed by atoms with Gasteiger partial charge in [0.2, 0.25) is 0 Å². The average Bonchev–Trinajstić information content (AvgIpc) is 3.14. The number of nitrogens with zero attached hydrogens (tertiary/aromatic N) is 3. The molecule has 22 heavy (non-hydrogen) atoms. The summed E-state index contributed by atoms with van der Waals surface area (Å²) in [6, 6.07) is 1.73. The Balaban J connectivity index is 1.64. The summed E-state index contributed by atoms with van der Waals surface area (Å²) in [5.41, 5.74) is 1.93. The van der Waals surface area contributed by atoms with Gasteiger partial charge in [-0.2, -0.15) is 0 Å². The lowest BCUT2D eigenvalue weighted by Crippen LogP contribution is -2.32. The van der Waals surface area contributed by atoms with Crippen molar-refractivity contribution in [1.82, 2.24) is 25.1 Å². The van der Waals surface area contributed by atoms with Crippen molar-refractivity contribution in [1.29, 1.82) is 0 Å². The number of hydrogen-bond acceptors (Lipinski definition) is 4. The highest BCUT2D eigenvalue weighted by molar-refractivity contribution is 5.94. The van der Waals surface area contributed by atoms with Crippen LogP contribution in [0.1, 0.15) is 40.8 Å². The monoisotopic (exact) mass is 301 g/mol. The number of rotatable bonds is 5. The predicted molar refractivity (Wildman–Crippen MR) is 80.8 cm³/mol. The lowest BCUT2D eigenvalue weighted by atomic mass is 10.1. The molecule has 2 N–H and O–H groups in total. The van der Waals surface area contributed by atoms with Crippen LogP contribution < -0.4 is 10.9 Å². The number of aromatic amines is 1. The molecule has 3 rings (SSSR count). The summed E-state index contributed by atoms with van der Waals surface area (Å²) in [4.78, 5) is 27.0. The summed E-state index contributed by atoms with van der Waals surface area (Å²) in [6.45, 7) is 3.23. The van der Waals surface area contributed by atoms with Crippen LogP contribution in [0.2, 0.25) is 0 Å². The molecule has 0 saturated heterocycles. The molecule has 0 radical (unpaired) electrons. The molecule has 7 heteroatoms. The van der Waals surface area contributed by atoms with Crippen molar-refractivity contribution in [3.05, 3.63) is 45.4 Å². The molecule has 0 aliphatic heterocycles. The van der Waals surface area contributed by atoms with Gasteiger partial charge in [0.15, 0.2) is 0 Å². The number of carbonyl (C=O) groups is 1. The van der Waals surface area contributed by atoms with Crippen LogP contribution in [-0.4, -0.2) is 32.2 Å². The van der Waals surface area contributed by atoms with Crippen LogP contribution in [0.3, 0.4) is 0 Å². The summed E-state index contributed by atoms with van der Waals surface area (Å²) in [5.74, 6) is 0.490. The number of pyridine rings is 1. The lowest BCUT2D eigenvalue weighted by Gasteiger charge is -2.07. The lowest BCUT2D eigenvalue weighted by molar-refractivity contribution is 0.0952. The van der Waals surface area contributed by atoms with Crippen LogP contribution in [0, 0.1) is 0 Å². The van der Waals surface area contributed by atoms with Gasteiger partial charge < -0.3 is 14.9 Å². The highest BCUT2D eigenvalue weighted by atomic mass is 16.2. The maximum Gasteiger partial charge on any atom is 0.261 e. The van der Waals surface area contributed by atoms with E-state index in [9.17, 15) is 9.59 Å². The highest BCUT2D eigenvalue weighted by Crippen LogP contribution is 2.18. The highest BCUT2D eigenvalue weighted by Gasteiger charge is 2.17. The number of carbonyl (C=O) groups excluding carboxylic acids is 1. The molecule has 0 aromatic carbocycles. The van der Waals surface area contributed by atoms with Crippen LogP contribution in [0.25, 0.3) is 0 Å². The SMILES string of the molecule is CCn1cnnc1CCNC(=O)c1cc2c([nH]c1=O)CCC2. The van der Waals surface area contributed by atoms with E-state index in [1.54, 1.807) is 12.4 Å². The first-order chi connectivity index (χ1) is 10.7. The van der Waals surface area contributed by atoms with E-state index in [4.69, 9.17) is 0 Å². The molecule has 2 aromatic rings. The molecule has 1 aliphatic rings. The number of aryl methyl sites for hydroxylation is 3. The first-order valence-corrected chi connectivity index (χ1v) is 7.59. The van der Waals surface area contributed by atoms with Crippen molar-refractivity contribution in [2.45, 2.75) is 39.2 Å². The normalized spacial score (nSPS) is 13.1. The number of nitrogens with one attached hydrogen (secondary N) is 2. The quantitative estimate of drug-likeness (QED) is 0.838. The summed E-state index contributed by atoms with van der Waals surface area (Å²) >= 11 is 0. The Morgan fingerprint density at radius 3 is 3.14 bits per heavy atom. The Hall–Kier alpha value is -2.44. The predicted octanol–water partition coefficient (Wildman–Crippen LogP) is 0.447. The van der Waals surface area contributed by atoms with Gasteiger partial charge in [0.25, 0.3) is 11.5 Å². The van der Waals surface area contributed by atoms with Gasteiger partial charge in [0, 0.05) is 25.2 Å². The molecule has 0 fully saturated rings. The first-order valence-electron chi connectivity index (χ1n) is 7.59. The Labute approximate surface area is 127 Å². The van der Waals surface area contributed by atoms with Crippen LogP contribution in [0.15, 0.2) is 17.2 Å². The van der Waals surface area contributed by atoms with Gasteiger partial charge in [-0.3, -0.25) is 9.59 Å². The minimum atomic E-state index is -0.335. The Kier molecular flexibility index (Phi) is 4.04. The molecule has 116 valence electrons. The standard InChI is InChI=1S/C15H19N5O2/c1-2-20-9-17-19-13(20)6-7-16-14(21)11-8-10-4-3-5-12(10)18-15(11)22/h8-9H,2-7H2,1H3,(H,16,21)(H,18,22). The molecule has 0 bridgehead atoms. The molecule has 1 amide bonds. The zero-order valence-electron chi connectivity index (χ0n) is 12.6. The van der Waals surface area contributed by atoms with Crippen molar-refractivity contribution in [2.24, 2.45) is 0 Å². The number of hydrogen-bond donors (Lipinski definition) is 2. The van der Waals surface area contributed by atoms with E-state index in [2.05, 4.69) is 20.5 Å². The second-order valence-corrected chi connectivity index (χ2v) is 5.41. The molecular formula is C15H19N5O2. The Bertz CT molecular complexity index is 747. The minimum Gasteiger partial charge on any atom is -0.351 e. The number of fused-ring (bicyclic) bond motifs is 1. The van der Waals surface area contributed by atoms with E-state index < -0.39 is 0 Å². The van der Waals surface area contributed by atoms with Gasteiger partial charge in [0.05, 0.1) is 0 Å².